The summed E-state index contributed by atoms with van der Waals surface area (Å²) >= 11 is 1.21. The number of carbonyl (C=O) groups excluding carboxylic acids is 2. The summed E-state index contributed by atoms with van der Waals surface area (Å²) in [6.45, 7) is 0. The maximum atomic E-state index is 12.3. The van der Waals surface area contributed by atoms with Crippen LogP contribution < -0.4 is 10.6 Å². The fourth-order valence-corrected chi connectivity index (χ4v) is 3.64. The number of nitrogens with one attached hydrogen (secondary N) is 2. The molecule has 2 amide bonds. The Morgan fingerprint density at radius 3 is 2.73 bits per heavy atom. The van der Waals surface area contributed by atoms with Crippen molar-refractivity contribution < 1.29 is 22.8 Å². The van der Waals surface area contributed by atoms with Crippen LogP contribution in [-0.2, 0) is 9.59 Å². The molecule has 138 valence electrons. The lowest BCUT2D eigenvalue weighted by molar-refractivity contribution is -0.167. The SMILES string of the molecule is O=C1NC(=NC2CCCC2)S/C1=C/c1cccc(NC(=O)C(F)(F)F)c1. The summed E-state index contributed by atoms with van der Waals surface area (Å²) in [6, 6.07) is 6.09. The van der Waals surface area contributed by atoms with Gasteiger partial charge in [-0.3, -0.25) is 14.6 Å². The molecule has 0 spiro atoms. The molecule has 0 radical (unpaired) electrons. The smallest absolute Gasteiger partial charge is 0.318 e. The Bertz CT molecular complexity index is 784. The Kier molecular flexibility index (Phi) is 5.36. The van der Waals surface area contributed by atoms with E-state index in [9.17, 15) is 22.8 Å². The first-order valence-corrected chi connectivity index (χ1v) is 8.90. The Morgan fingerprint density at radius 1 is 1.31 bits per heavy atom. The zero-order chi connectivity index (χ0) is 18.7. The third-order valence-corrected chi connectivity index (χ3v) is 4.90. The molecule has 1 aliphatic carbocycles. The van der Waals surface area contributed by atoms with Crippen molar-refractivity contribution in [3.05, 3.63) is 34.7 Å². The van der Waals surface area contributed by atoms with Crippen molar-refractivity contribution in [1.29, 1.82) is 0 Å². The van der Waals surface area contributed by atoms with Crippen molar-refractivity contribution in [3.8, 4) is 0 Å². The van der Waals surface area contributed by atoms with Gasteiger partial charge in [0.25, 0.3) is 5.91 Å². The highest BCUT2D eigenvalue weighted by Crippen LogP contribution is 2.29. The summed E-state index contributed by atoms with van der Waals surface area (Å²) in [4.78, 5) is 28.0. The molecule has 5 nitrogen and oxygen atoms in total. The third kappa shape index (κ3) is 4.66. The quantitative estimate of drug-likeness (QED) is 0.782. The van der Waals surface area contributed by atoms with Gasteiger partial charge in [0.15, 0.2) is 5.17 Å². The summed E-state index contributed by atoms with van der Waals surface area (Å²) in [5.41, 5.74) is 0.509. The van der Waals surface area contributed by atoms with Crippen molar-refractivity contribution in [1.82, 2.24) is 5.32 Å². The second-order valence-corrected chi connectivity index (χ2v) is 7.05. The summed E-state index contributed by atoms with van der Waals surface area (Å²) in [6.07, 6.45) is 0.903. The van der Waals surface area contributed by atoms with E-state index in [2.05, 4.69) is 10.3 Å². The Balaban J connectivity index is 1.72. The Morgan fingerprint density at radius 2 is 2.04 bits per heavy atom. The number of carbonyl (C=O) groups is 2. The van der Waals surface area contributed by atoms with Gasteiger partial charge in [0.1, 0.15) is 0 Å². The van der Waals surface area contributed by atoms with Crippen LogP contribution in [0.15, 0.2) is 34.2 Å². The summed E-state index contributed by atoms with van der Waals surface area (Å²) < 4.78 is 37.0. The number of nitrogens with zero attached hydrogens (tertiary/aromatic N) is 1. The molecule has 0 unspecified atom stereocenters. The van der Waals surface area contributed by atoms with Gasteiger partial charge in [-0.25, -0.2) is 0 Å². The number of amides is 2. The van der Waals surface area contributed by atoms with Gasteiger partial charge in [-0.05, 0) is 48.4 Å². The van der Waals surface area contributed by atoms with Crippen LogP contribution in [0.5, 0.6) is 0 Å². The van der Waals surface area contributed by atoms with Crippen LogP contribution in [0.3, 0.4) is 0 Å². The summed E-state index contributed by atoms with van der Waals surface area (Å²) in [5, 5.41) is 5.05. The van der Waals surface area contributed by atoms with Crippen LogP contribution in [0.4, 0.5) is 18.9 Å². The van der Waals surface area contributed by atoms with E-state index in [1.54, 1.807) is 17.5 Å². The average Bonchev–Trinajstić information content (AvgIpc) is 3.17. The molecule has 26 heavy (non-hydrogen) atoms. The van der Waals surface area contributed by atoms with E-state index in [4.69, 9.17) is 0 Å². The molecule has 1 aromatic rings. The summed E-state index contributed by atoms with van der Waals surface area (Å²) in [5.74, 6) is -2.34. The number of aliphatic imine (C=N–C) groups is 1. The number of thioether (sulfide) groups is 1. The molecule has 2 aliphatic rings. The summed E-state index contributed by atoms with van der Waals surface area (Å²) in [7, 11) is 0. The molecule has 9 heteroatoms. The van der Waals surface area contributed by atoms with Gasteiger partial charge in [-0.2, -0.15) is 13.2 Å². The molecule has 2 N–H and O–H groups in total. The molecular formula is C17H16F3N3O2S. The van der Waals surface area contributed by atoms with Crippen molar-refractivity contribution in [3.63, 3.8) is 0 Å². The van der Waals surface area contributed by atoms with E-state index < -0.39 is 12.1 Å². The standard InChI is InChI=1S/C17H16F3N3O2S/c18-17(19,20)15(25)21-12-7-3-4-10(8-12)9-13-14(24)23-16(26-13)22-11-5-1-2-6-11/h3-4,7-9,11H,1-2,5-6H2,(H,21,25)(H,22,23,24)/b13-9+. The highest BCUT2D eigenvalue weighted by atomic mass is 32.2. The second-order valence-electron chi connectivity index (χ2n) is 6.01. The highest BCUT2D eigenvalue weighted by Gasteiger charge is 2.38. The van der Waals surface area contributed by atoms with Crippen molar-refractivity contribution >= 4 is 40.5 Å². The first kappa shape index (κ1) is 18.5. The monoisotopic (exact) mass is 383 g/mol. The maximum Gasteiger partial charge on any atom is 0.471 e. The molecule has 2 fully saturated rings. The van der Waals surface area contributed by atoms with Crippen LogP contribution >= 0.6 is 11.8 Å². The lowest BCUT2D eigenvalue weighted by Gasteiger charge is -2.08. The fraction of sp³-hybridized carbons (Fsp3) is 0.353. The molecule has 3 rings (SSSR count). The molecule has 0 atom stereocenters. The van der Waals surface area contributed by atoms with Gasteiger partial charge in [-0.15, -0.1) is 0 Å². The number of hydrogen-bond acceptors (Lipinski definition) is 4. The van der Waals surface area contributed by atoms with Crippen LogP contribution in [0, 0.1) is 0 Å². The fourth-order valence-electron chi connectivity index (χ4n) is 2.75. The van der Waals surface area contributed by atoms with Crippen molar-refractivity contribution in [2.45, 2.75) is 37.9 Å². The predicted molar refractivity (Wildman–Crippen MR) is 94.5 cm³/mol. The van der Waals surface area contributed by atoms with Crippen LogP contribution in [0.25, 0.3) is 6.08 Å². The van der Waals surface area contributed by atoms with Gasteiger partial charge in [0.05, 0.1) is 10.9 Å². The topological polar surface area (TPSA) is 70.6 Å². The van der Waals surface area contributed by atoms with Gasteiger partial charge in [-0.1, -0.05) is 25.0 Å². The molecule has 1 aromatic carbocycles. The lowest BCUT2D eigenvalue weighted by Crippen LogP contribution is -2.29. The number of anilines is 1. The van der Waals surface area contributed by atoms with Gasteiger partial charge < -0.3 is 10.6 Å². The molecule has 0 bridgehead atoms. The molecule has 1 aliphatic heterocycles. The predicted octanol–water partition coefficient (Wildman–Crippen LogP) is 3.69. The van der Waals surface area contributed by atoms with Crippen LogP contribution in [0.2, 0.25) is 0 Å². The van der Waals surface area contributed by atoms with E-state index in [0.29, 0.717) is 15.6 Å². The van der Waals surface area contributed by atoms with Gasteiger partial charge >= 0.3 is 12.1 Å². The molecule has 1 saturated carbocycles. The number of halogens is 3. The van der Waals surface area contributed by atoms with Gasteiger partial charge in [0.2, 0.25) is 0 Å². The minimum atomic E-state index is -4.96. The average molecular weight is 383 g/mol. The number of rotatable bonds is 3. The van der Waals surface area contributed by atoms with E-state index >= 15 is 0 Å². The number of hydrogen-bond donors (Lipinski definition) is 2. The van der Waals surface area contributed by atoms with Crippen LogP contribution in [-0.4, -0.2) is 29.2 Å². The maximum absolute atomic E-state index is 12.3. The second kappa shape index (κ2) is 7.53. The van der Waals surface area contributed by atoms with Gasteiger partial charge in [0, 0.05) is 5.69 Å². The third-order valence-electron chi connectivity index (χ3n) is 3.98. The largest absolute Gasteiger partial charge is 0.471 e. The minimum Gasteiger partial charge on any atom is -0.318 e. The molecule has 0 aromatic heterocycles. The zero-order valence-corrected chi connectivity index (χ0v) is 14.4. The lowest BCUT2D eigenvalue weighted by atomic mass is 10.2. The van der Waals surface area contributed by atoms with E-state index in [-0.39, 0.29) is 17.6 Å². The molecule has 1 heterocycles. The van der Waals surface area contributed by atoms with Crippen molar-refractivity contribution in [2.24, 2.45) is 4.99 Å². The van der Waals surface area contributed by atoms with E-state index in [1.165, 1.54) is 30.0 Å². The Hall–Kier alpha value is -2.29. The Labute approximate surface area is 152 Å². The van der Waals surface area contributed by atoms with Crippen LogP contribution in [0.1, 0.15) is 31.2 Å². The number of alkyl halides is 3. The number of benzene rings is 1. The first-order valence-electron chi connectivity index (χ1n) is 8.08. The normalized spacial score (nSPS) is 21.4. The van der Waals surface area contributed by atoms with Crippen molar-refractivity contribution in [2.75, 3.05) is 5.32 Å². The highest BCUT2D eigenvalue weighted by molar-refractivity contribution is 8.18. The van der Waals surface area contributed by atoms with E-state index in [1.807, 2.05) is 0 Å². The number of amidine groups is 1. The molecular weight excluding hydrogens is 367 g/mol. The molecule has 1 saturated heterocycles. The van der Waals surface area contributed by atoms with E-state index in [0.717, 1.165) is 25.7 Å². The first-order chi connectivity index (χ1) is 12.3. The zero-order valence-electron chi connectivity index (χ0n) is 13.6. The minimum absolute atomic E-state index is 0.00456.